The first-order chi connectivity index (χ1) is 9.21. The molecule has 3 heteroatoms. The Morgan fingerprint density at radius 3 is 2.37 bits per heavy atom. The highest BCUT2D eigenvalue weighted by Crippen LogP contribution is 2.36. The molecule has 1 heterocycles. The van der Waals surface area contributed by atoms with Crippen molar-refractivity contribution in [1.82, 2.24) is 4.90 Å². The molecule has 0 bridgehead atoms. The summed E-state index contributed by atoms with van der Waals surface area (Å²) in [5, 5.41) is 9.92. The van der Waals surface area contributed by atoms with Crippen molar-refractivity contribution in [3.63, 3.8) is 0 Å². The molecule has 1 aromatic rings. The largest absolute Gasteiger partial charge is 0.480 e. The number of benzene rings is 1. The van der Waals surface area contributed by atoms with Crippen molar-refractivity contribution in [2.75, 3.05) is 13.1 Å². The Morgan fingerprint density at radius 2 is 1.84 bits per heavy atom. The molecule has 1 saturated heterocycles. The fraction of sp³-hybridized carbons (Fsp3) is 0.562. The lowest BCUT2D eigenvalue weighted by molar-refractivity contribution is -0.154. The Bertz CT molecular complexity index is 412. The predicted molar refractivity (Wildman–Crippen MR) is 76.1 cm³/mol. The van der Waals surface area contributed by atoms with Crippen molar-refractivity contribution in [1.29, 1.82) is 0 Å². The van der Waals surface area contributed by atoms with Crippen molar-refractivity contribution in [3.05, 3.63) is 35.9 Å². The second-order valence-corrected chi connectivity index (χ2v) is 5.33. The Hall–Kier alpha value is -1.35. The molecule has 1 aliphatic heterocycles. The molecule has 0 aromatic heterocycles. The van der Waals surface area contributed by atoms with Crippen LogP contribution < -0.4 is 0 Å². The fourth-order valence-electron chi connectivity index (χ4n) is 3.20. The molecular weight excluding hydrogens is 238 g/mol. The number of rotatable bonds is 5. The molecule has 1 fully saturated rings. The normalized spacial score (nSPS) is 19.8. The summed E-state index contributed by atoms with van der Waals surface area (Å²) in [5.41, 5.74) is 0.0856. The molecule has 19 heavy (non-hydrogen) atoms. The van der Waals surface area contributed by atoms with Gasteiger partial charge in [-0.05, 0) is 37.9 Å². The fourth-order valence-corrected chi connectivity index (χ4v) is 3.20. The number of likely N-dealkylation sites (tertiary alicyclic amines) is 1. The zero-order valence-electron chi connectivity index (χ0n) is 11.6. The average Bonchev–Trinajstić information content (AvgIpc) is 2.46. The van der Waals surface area contributed by atoms with Gasteiger partial charge in [0.1, 0.15) is 5.54 Å². The quantitative estimate of drug-likeness (QED) is 0.884. The molecular formula is C16H23NO2. The number of nitrogens with zero attached hydrogens (tertiary/aromatic N) is 1. The summed E-state index contributed by atoms with van der Waals surface area (Å²) in [6.45, 7) is 3.84. The monoisotopic (exact) mass is 261 g/mol. The Balaban J connectivity index is 2.43. The van der Waals surface area contributed by atoms with Gasteiger partial charge in [-0.1, -0.05) is 50.1 Å². The first-order valence-electron chi connectivity index (χ1n) is 7.26. The molecule has 104 valence electrons. The van der Waals surface area contributed by atoms with E-state index in [9.17, 15) is 9.90 Å². The standard InChI is InChI=1S/C16H23NO2/c1-2-11-16(15(18)19,14-9-5-3-6-10-14)17-12-7-4-8-13-17/h3,5-6,9-10H,2,4,7-8,11-13H2,1H3,(H,18,19). The summed E-state index contributed by atoms with van der Waals surface area (Å²) >= 11 is 0. The molecule has 1 atom stereocenters. The third-order valence-electron chi connectivity index (χ3n) is 4.11. The molecule has 0 amide bonds. The lowest BCUT2D eigenvalue weighted by atomic mass is 9.82. The zero-order valence-corrected chi connectivity index (χ0v) is 11.6. The van der Waals surface area contributed by atoms with Crippen LogP contribution in [0.3, 0.4) is 0 Å². The van der Waals surface area contributed by atoms with E-state index >= 15 is 0 Å². The van der Waals surface area contributed by atoms with Crippen molar-refractivity contribution in [3.8, 4) is 0 Å². The molecule has 1 aliphatic rings. The van der Waals surface area contributed by atoms with Gasteiger partial charge in [0.05, 0.1) is 0 Å². The van der Waals surface area contributed by atoms with Crippen LogP contribution in [0.5, 0.6) is 0 Å². The van der Waals surface area contributed by atoms with Crippen LogP contribution in [-0.2, 0) is 10.3 Å². The smallest absolute Gasteiger partial charge is 0.328 e. The van der Waals surface area contributed by atoms with Crippen LogP contribution in [0, 0.1) is 0 Å². The summed E-state index contributed by atoms with van der Waals surface area (Å²) in [5.74, 6) is -0.706. The zero-order chi connectivity index (χ0) is 13.7. The molecule has 3 nitrogen and oxygen atoms in total. The van der Waals surface area contributed by atoms with Gasteiger partial charge in [0.15, 0.2) is 0 Å². The SMILES string of the molecule is CCCC(C(=O)O)(c1ccccc1)N1CCCCC1. The lowest BCUT2D eigenvalue weighted by Crippen LogP contribution is -2.53. The van der Waals surface area contributed by atoms with E-state index in [0.29, 0.717) is 6.42 Å². The van der Waals surface area contributed by atoms with Crippen LogP contribution in [0.4, 0.5) is 0 Å². The van der Waals surface area contributed by atoms with Gasteiger partial charge in [0.25, 0.3) is 0 Å². The van der Waals surface area contributed by atoms with Crippen LogP contribution in [-0.4, -0.2) is 29.1 Å². The van der Waals surface area contributed by atoms with Crippen LogP contribution in [0.1, 0.15) is 44.6 Å². The van der Waals surface area contributed by atoms with E-state index in [1.54, 1.807) is 0 Å². The summed E-state index contributed by atoms with van der Waals surface area (Å²) in [6, 6.07) is 9.73. The van der Waals surface area contributed by atoms with E-state index in [4.69, 9.17) is 0 Å². The molecule has 1 unspecified atom stereocenters. The molecule has 0 saturated carbocycles. The van der Waals surface area contributed by atoms with E-state index in [2.05, 4.69) is 11.8 Å². The van der Waals surface area contributed by atoms with Crippen molar-refractivity contribution < 1.29 is 9.90 Å². The molecule has 0 aliphatic carbocycles. The highest BCUT2D eigenvalue weighted by Gasteiger charge is 2.45. The Kier molecular flexibility index (Phi) is 4.59. The van der Waals surface area contributed by atoms with Gasteiger partial charge in [-0.3, -0.25) is 4.90 Å². The molecule has 2 rings (SSSR count). The second-order valence-electron chi connectivity index (χ2n) is 5.33. The first kappa shape index (κ1) is 14.1. The van der Waals surface area contributed by atoms with Crippen LogP contribution in [0.15, 0.2) is 30.3 Å². The number of aliphatic carboxylic acids is 1. The Morgan fingerprint density at radius 1 is 1.21 bits per heavy atom. The topological polar surface area (TPSA) is 40.5 Å². The number of hydrogen-bond donors (Lipinski definition) is 1. The minimum Gasteiger partial charge on any atom is -0.480 e. The van der Waals surface area contributed by atoms with Gasteiger partial charge in [-0.2, -0.15) is 0 Å². The van der Waals surface area contributed by atoms with Crippen LogP contribution in [0.25, 0.3) is 0 Å². The van der Waals surface area contributed by atoms with Gasteiger partial charge < -0.3 is 5.11 Å². The maximum atomic E-state index is 12.1. The maximum Gasteiger partial charge on any atom is 0.328 e. The molecule has 1 aromatic carbocycles. The Labute approximate surface area is 115 Å². The summed E-state index contributed by atoms with van der Waals surface area (Å²) in [4.78, 5) is 14.2. The number of hydrogen-bond acceptors (Lipinski definition) is 2. The molecule has 0 radical (unpaired) electrons. The van der Waals surface area contributed by atoms with Gasteiger partial charge in [0.2, 0.25) is 0 Å². The van der Waals surface area contributed by atoms with Crippen molar-refractivity contribution >= 4 is 5.97 Å². The molecule has 1 N–H and O–H groups in total. The second kappa shape index (κ2) is 6.20. The third kappa shape index (κ3) is 2.66. The number of carboxylic acids is 1. The van der Waals surface area contributed by atoms with E-state index in [0.717, 1.165) is 37.9 Å². The van der Waals surface area contributed by atoms with Crippen molar-refractivity contribution in [2.45, 2.75) is 44.6 Å². The first-order valence-corrected chi connectivity index (χ1v) is 7.26. The van der Waals surface area contributed by atoms with Gasteiger partial charge in [0, 0.05) is 0 Å². The van der Waals surface area contributed by atoms with Crippen molar-refractivity contribution in [2.24, 2.45) is 0 Å². The predicted octanol–water partition coefficient (Wildman–Crippen LogP) is 3.25. The van der Waals surface area contributed by atoms with E-state index in [1.807, 2.05) is 30.3 Å². The maximum absolute atomic E-state index is 12.1. The summed E-state index contributed by atoms with van der Waals surface area (Å²) < 4.78 is 0. The highest BCUT2D eigenvalue weighted by atomic mass is 16.4. The lowest BCUT2D eigenvalue weighted by Gasteiger charge is -2.43. The van der Waals surface area contributed by atoms with Gasteiger partial charge >= 0.3 is 5.97 Å². The van der Waals surface area contributed by atoms with E-state index < -0.39 is 11.5 Å². The third-order valence-corrected chi connectivity index (χ3v) is 4.11. The number of carboxylic acid groups (broad SMARTS) is 1. The molecule has 0 spiro atoms. The number of carbonyl (C=O) groups is 1. The highest BCUT2D eigenvalue weighted by molar-refractivity contribution is 5.80. The van der Waals surface area contributed by atoms with Crippen LogP contribution >= 0.6 is 0 Å². The van der Waals surface area contributed by atoms with Gasteiger partial charge in [-0.15, -0.1) is 0 Å². The van der Waals surface area contributed by atoms with Gasteiger partial charge in [-0.25, -0.2) is 4.79 Å². The minimum absolute atomic E-state index is 0.673. The van der Waals surface area contributed by atoms with E-state index in [1.165, 1.54) is 6.42 Å². The van der Waals surface area contributed by atoms with E-state index in [-0.39, 0.29) is 0 Å². The summed E-state index contributed by atoms with van der Waals surface area (Å²) in [6.07, 6.45) is 4.97. The number of piperidine rings is 1. The average molecular weight is 261 g/mol. The van der Waals surface area contributed by atoms with Crippen LogP contribution in [0.2, 0.25) is 0 Å². The summed E-state index contributed by atoms with van der Waals surface area (Å²) in [7, 11) is 0. The minimum atomic E-state index is -0.837.